The van der Waals surface area contributed by atoms with Crippen LogP contribution in [0.3, 0.4) is 0 Å². The topological polar surface area (TPSA) is 59.8 Å². The molecule has 1 aromatic heterocycles. The summed E-state index contributed by atoms with van der Waals surface area (Å²) >= 11 is 5.83. The highest BCUT2D eigenvalue weighted by Crippen LogP contribution is 2.19. The van der Waals surface area contributed by atoms with Crippen LogP contribution in [0.4, 0.5) is 5.69 Å². The molecule has 112 valence electrons. The van der Waals surface area contributed by atoms with Gasteiger partial charge in [-0.3, -0.25) is 4.79 Å². The van der Waals surface area contributed by atoms with E-state index in [9.17, 15) is 4.79 Å². The van der Waals surface area contributed by atoms with Gasteiger partial charge in [0.25, 0.3) is 5.91 Å². The second-order valence-electron chi connectivity index (χ2n) is 5.29. The highest BCUT2D eigenvalue weighted by molar-refractivity contribution is 6.30. The minimum atomic E-state index is -0.191. The van der Waals surface area contributed by atoms with Crippen LogP contribution >= 0.6 is 11.6 Å². The predicted molar refractivity (Wildman–Crippen MR) is 87.3 cm³/mol. The number of aromatic nitrogens is 3. The van der Waals surface area contributed by atoms with Gasteiger partial charge in [0, 0.05) is 22.3 Å². The van der Waals surface area contributed by atoms with Gasteiger partial charge in [-0.1, -0.05) is 16.8 Å². The predicted octanol–water partition coefficient (Wildman–Crippen LogP) is 3.92. The fourth-order valence-electron chi connectivity index (χ4n) is 2.20. The molecule has 5 nitrogen and oxygen atoms in total. The largest absolute Gasteiger partial charge is 0.322 e. The summed E-state index contributed by atoms with van der Waals surface area (Å²) in [7, 11) is 0. The molecule has 0 bridgehead atoms. The van der Waals surface area contributed by atoms with Crippen LogP contribution in [-0.4, -0.2) is 20.9 Å². The van der Waals surface area contributed by atoms with Gasteiger partial charge in [0.2, 0.25) is 0 Å². The second-order valence-corrected chi connectivity index (χ2v) is 5.73. The van der Waals surface area contributed by atoms with Crippen LogP contribution in [0.2, 0.25) is 5.02 Å². The normalized spacial score (nSPS) is 11.1. The molecule has 0 spiro atoms. The molecule has 1 amide bonds. The molecule has 0 aliphatic rings. The van der Waals surface area contributed by atoms with E-state index < -0.39 is 0 Å². The number of benzene rings is 2. The fourth-order valence-corrected chi connectivity index (χ4v) is 2.33. The number of halogens is 1. The number of carbonyl (C=O) groups excluding carboxylic acids is 1. The lowest BCUT2D eigenvalue weighted by molar-refractivity contribution is 0.102. The van der Waals surface area contributed by atoms with Crippen LogP contribution in [0.25, 0.3) is 11.0 Å². The average Bonchev–Trinajstić information content (AvgIpc) is 2.92. The highest BCUT2D eigenvalue weighted by atomic mass is 35.5. The molecule has 1 heterocycles. The van der Waals surface area contributed by atoms with Gasteiger partial charge in [0.15, 0.2) is 0 Å². The van der Waals surface area contributed by atoms with Gasteiger partial charge >= 0.3 is 0 Å². The van der Waals surface area contributed by atoms with Gasteiger partial charge in [-0.05, 0) is 56.3 Å². The third-order valence-corrected chi connectivity index (χ3v) is 3.58. The number of nitrogens with zero attached hydrogens (tertiary/aromatic N) is 3. The highest BCUT2D eigenvalue weighted by Gasteiger charge is 2.11. The van der Waals surface area contributed by atoms with Crippen LogP contribution in [0.15, 0.2) is 42.5 Å². The molecule has 0 saturated carbocycles. The Kier molecular flexibility index (Phi) is 3.81. The molecule has 0 atom stereocenters. The maximum atomic E-state index is 12.3. The Balaban J connectivity index is 1.86. The van der Waals surface area contributed by atoms with Crippen molar-refractivity contribution in [3.63, 3.8) is 0 Å². The SMILES string of the molecule is CC(C)n1nnc2cc(C(=O)Nc3ccc(Cl)cc3)ccc21. The third kappa shape index (κ3) is 2.80. The number of fused-ring (bicyclic) bond motifs is 1. The molecular formula is C16H15ClN4O. The standard InChI is InChI=1S/C16H15ClN4O/c1-10(2)21-15-8-3-11(9-14(15)19-20-21)16(22)18-13-6-4-12(17)5-7-13/h3-10H,1-2H3,(H,18,22). The summed E-state index contributed by atoms with van der Waals surface area (Å²) in [5.74, 6) is -0.191. The van der Waals surface area contributed by atoms with Crippen LogP contribution in [0.5, 0.6) is 0 Å². The molecule has 1 N–H and O–H groups in total. The average molecular weight is 315 g/mol. The molecule has 0 saturated heterocycles. The Labute approximate surface area is 132 Å². The first-order chi connectivity index (χ1) is 10.5. The van der Waals surface area contributed by atoms with Crippen LogP contribution in [0, 0.1) is 0 Å². The molecule has 2 aromatic carbocycles. The fraction of sp³-hybridized carbons (Fsp3) is 0.188. The lowest BCUT2D eigenvalue weighted by atomic mass is 10.1. The maximum Gasteiger partial charge on any atom is 0.255 e. The van der Waals surface area contributed by atoms with Crippen molar-refractivity contribution in [1.29, 1.82) is 0 Å². The van der Waals surface area contributed by atoms with Crippen molar-refractivity contribution in [2.24, 2.45) is 0 Å². The minimum absolute atomic E-state index is 0.191. The van der Waals surface area contributed by atoms with E-state index >= 15 is 0 Å². The molecular weight excluding hydrogens is 300 g/mol. The Morgan fingerprint density at radius 3 is 2.59 bits per heavy atom. The van der Waals surface area contributed by atoms with Gasteiger partial charge in [-0.2, -0.15) is 0 Å². The number of hydrogen-bond acceptors (Lipinski definition) is 3. The van der Waals surface area contributed by atoms with E-state index in [1.807, 2.05) is 24.6 Å². The first-order valence-electron chi connectivity index (χ1n) is 6.96. The van der Waals surface area contributed by atoms with E-state index in [1.54, 1.807) is 36.4 Å². The van der Waals surface area contributed by atoms with E-state index in [0.29, 0.717) is 21.8 Å². The zero-order valence-corrected chi connectivity index (χ0v) is 13.0. The molecule has 0 unspecified atom stereocenters. The van der Waals surface area contributed by atoms with Crippen molar-refractivity contribution < 1.29 is 4.79 Å². The Morgan fingerprint density at radius 1 is 1.18 bits per heavy atom. The second kappa shape index (κ2) is 5.77. The quantitative estimate of drug-likeness (QED) is 0.797. The number of carbonyl (C=O) groups is 1. The minimum Gasteiger partial charge on any atom is -0.322 e. The first-order valence-corrected chi connectivity index (χ1v) is 7.34. The zero-order chi connectivity index (χ0) is 15.7. The smallest absolute Gasteiger partial charge is 0.255 e. The van der Waals surface area contributed by atoms with E-state index in [1.165, 1.54) is 0 Å². The lowest BCUT2D eigenvalue weighted by Gasteiger charge is -2.07. The van der Waals surface area contributed by atoms with Gasteiger partial charge in [0.05, 0.1) is 5.52 Å². The van der Waals surface area contributed by atoms with Crippen molar-refractivity contribution in [2.75, 3.05) is 5.32 Å². The van der Waals surface area contributed by atoms with Crippen molar-refractivity contribution in [3.05, 3.63) is 53.1 Å². The molecule has 0 aliphatic heterocycles. The summed E-state index contributed by atoms with van der Waals surface area (Å²) in [6.45, 7) is 4.07. The van der Waals surface area contributed by atoms with Gasteiger partial charge in [0.1, 0.15) is 5.52 Å². The zero-order valence-electron chi connectivity index (χ0n) is 12.2. The molecule has 3 rings (SSSR count). The molecule has 0 fully saturated rings. The molecule has 22 heavy (non-hydrogen) atoms. The summed E-state index contributed by atoms with van der Waals surface area (Å²) in [6, 6.07) is 12.6. The van der Waals surface area contributed by atoms with E-state index in [4.69, 9.17) is 11.6 Å². The summed E-state index contributed by atoms with van der Waals surface area (Å²) in [5, 5.41) is 11.7. The maximum absolute atomic E-state index is 12.3. The van der Waals surface area contributed by atoms with E-state index in [-0.39, 0.29) is 11.9 Å². The number of rotatable bonds is 3. The first kappa shape index (κ1) is 14.5. The Hall–Kier alpha value is -2.40. The molecule has 3 aromatic rings. The van der Waals surface area contributed by atoms with Crippen LogP contribution in [-0.2, 0) is 0 Å². The van der Waals surface area contributed by atoms with E-state index in [0.717, 1.165) is 5.52 Å². The van der Waals surface area contributed by atoms with Gasteiger partial charge in [-0.15, -0.1) is 5.10 Å². The number of hydrogen-bond donors (Lipinski definition) is 1. The van der Waals surface area contributed by atoms with Crippen LogP contribution < -0.4 is 5.32 Å². The van der Waals surface area contributed by atoms with Gasteiger partial charge in [-0.25, -0.2) is 4.68 Å². The van der Waals surface area contributed by atoms with Gasteiger partial charge < -0.3 is 5.32 Å². The van der Waals surface area contributed by atoms with Crippen LogP contribution in [0.1, 0.15) is 30.2 Å². The molecule has 0 aliphatic carbocycles. The van der Waals surface area contributed by atoms with Crippen molar-refractivity contribution in [1.82, 2.24) is 15.0 Å². The number of nitrogens with one attached hydrogen (secondary N) is 1. The summed E-state index contributed by atoms with van der Waals surface area (Å²) in [6.07, 6.45) is 0. The third-order valence-electron chi connectivity index (χ3n) is 3.32. The number of anilines is 1. The van der Waals surface area contributed by atoms with E-state index in [2.05, 4.69) is 15.6 Å². The monoisotopic (exact) mass is 314 g/mol. The Morgan fingerprint density at radius 2 is 1.91 bits per heavy atom. The van der Waals surface area contributed by atoms with Crippen molar-refractivity contribution in [2.45, 2.75) is 19.9 Å². The summed E-state index contributed by atoms with van der Waals surface area (Å²) < 4.78 is 1.83. The summed E-state index contributed by atoms with van der Waals surface area (Å²) in [4.78, 5) is 12.3. The molecule has 6 heteroatoms. The molecule has 0 radical (unpaired) electrons. The van der Waals surface area contributed by atoms with Crippen molar-refractivity contribution >= 4 is 34.2 Å². The lowest BCUT2D eigenvalue weighted by Crippen LogP contribution is -2.11. The number of amides is 1. The Bertz CT molecular complexity index is 824. The summed E-state index contributed by atoms with van der Waals surface area (Å²) in [5.41, 5.74) is 2.86. The van der Waals surface area contributed by atoms with Crippen molar-refractivity contribution in [3.8, 4) is 0 Å².